The number of rotatable bonds is 3. The molecular formula is C10H13F2N3O2. The number of alkyl halides is 2. The van der Waals surface area contributed by atoms with Crippen LogP contribution in [0.2, 0.25) is 0 Å². The van der Waals surface area contributed by atoms with Crippen molar-refractivity contribution in [2.75, 3.05) is 26.3 Å². The molecule has 0 spiro atoms. The predicted octanol–water partition coefficient (Wildman–Crippen LogP) is 1.02. The molecule has 7 heteroatoms. The molecule has 0 radical (unpaired) electrons. The molecule has 2 fully saturated rings. The summed E-state index contributed by atoms with van der Waals surface area (Å²) in [6.07, 6.45) is 0.878. The van der Waals surface area contributed by atoms with Gasteiger partial charge in [0.2, 0.25) is 11.8 Å². The van der Waals surface area contributed by atoms with E-state index in [-0.39, 0.29) is 19.0 Å². The zero-order valence-electron chi connectivity index (χ0n) is 9.23. The lowest BCUT2D eigenvalue weighted by molar-refractivity contribution is -0.135. The van der Waals surface area contributed by atoms with Crippen molar-refractivity contribution in [3.63, 3.8) is 0 Å². The Bertz CT molecular complexity index is 396. The molecule has 1 atom stereocenters. The number of nitrogens with zero attached hydrogens (tertiary/aromatic N) is 3. The molecule has 0 bridgehead atoms. The van der Waals surface area contributed by atoms with E-state index in [4.69, 9.17) is 9.15 Å². The Hall–Kier alpha value is -1.08. The van der Waals surface area contributed by atoms with Crippen molar-refractivity contribution in [2.45, 2.75) is 24.8 Å². The molecule has 0 aliphatic carbocycles. The highest BCUT2D eigenvalue weighted by atomic mass is 19.3. The number of likely N-dealkylation sites (tertiary alicyclic amines) is 1. The van der Waals surface area contributed by atoms with Crippen molar-refractivity contribution in [3.05, 3.63) is 11.8 Å². The van der Waals surface area contributed by atoms with Crippen LogP contribution in [0.25, 0.3) is 0 Å². The van der Waals surface area contributed by atoms with Crippen LogP contribution in [0.5, 0.6) is 0 Å². The van der Waals surface area contributed by atoms with Crippen LogP contribution in [0.1, 0.15) is 24.1 Å². The van der Waals surface area contributed by atoms with E-state index in [0.29, 0.717) is 31.5 Å². The van der Waals surface area contributed by atoms with Crippen LogP contribution in [0.4, 0.5) is 8.78 Å². The maximum absolute atomic E-state index is 12.6. The highest BCUT2D eigenvalue weighted by Gasteiger charge is 2.44. The molecule has 2 aliphatic heterocycles. The minimum atomic E-state index is -2.55. The Morgan fingerprint density at radius 2 is 2.18 bits per heavy atom. The molecule has 1 unspecified atom stereocenters. The normalized spacial score (nSPS) is 28.2. The van der Waals surface area contributed by atoms with Gasteiger partial charge in [0, 0.05) is 6.61 Å². The second kappa shape index (κ2) is 3.99. The lowest BCUT2D eigenvalue weighted by Gasteiger charge is -2.37. The molecular weight excluding hydrogens is 232 g/mol. The molecule has 5 nitrogen and oxygen atoms in total. The van der Waals surface area contributed by atoms with E-state index in [1.165, 1.54) is 0 Å². The average Bonchev–Trinajstić information content (AvgIpc) is 2.82. The van der Waals surface area contributed by atoms with Gasteiger partial charge in [-0.25, -0.2) is 8.78 Å². The summed E-state index contributed by atoms with van der Waals surface area (Å²) in [5.41, 5.74) is 0. The maximum Gasteiger partial charge on any atom is 0.272 e. The number of ether oxygens (including phenoxy) is 1. The molecule has 94 valence electrons. The van der Waals surface area contributed by atoms with Gasteiger partial charge in [0.25, 0.3) is 5.92 Å². The van der Waals surface area contributed by atoms with E-state index in [9.17, 15) is 8.78 Å². The minimum Gasteiger partial charge on any atom is -0.423 e. The van der Waals surface area contributed by atoms with E-state index < -0.39 is 5.92 Å². The van der Waals surface area contributed by atoms with Crippen molar-refractivity contribution in [1.29, 1.82) is 0 Å². The summed E-state index contributed by atoms with van der Waals surface area (Å²) < 4.78 is 35.9. The van der Waals surface area contributed by atoms with Crippen LogP contribution in [-0.2, 0) is 11.3 Å². The molecule has 0 aromatic carbocycles. The third kappa shape index (κ3) is 2.30. The molecule has 0 N–H and O–H groups in total. The van der Waals surface area contributed by atoms with Crippen LogP contribution in [0.15, 0.2) is 4.42 Å². The number of hydrogen-bond acceptors (Lipinski definition) is 5. The zero-order valence-corrected chi connectivity index (χ0v) is 9.23. The first-order valence-electron chi connectivity index (χ1n) is 5.63. The summed E-state index contributed by atoms with van der Waals surface area (Å²) >= 11 is 0. The zero-order chi connectivity index (χ0) is 11.9. The quantitative estimate of drug-likeness (QED) is 0.796. The van der Waals surface area contributed by atoms with Crippen LogP contribution < -0.4 is 0 Å². The SMILES string of the molecule is FC1(F)CN(Cc2nnc(C3CCOC3)o2)C1. The summed E-state index contributed by atoms with van der Waals surface area (Å²) in [7, 11) is 0. The van der Waals surface area contributed by atoms with Gasteiger partial charge >= 0.3 is 0 Å². The minimum absolute atomic E-state index is 0.161. The molecule has 17 heavy (non-hydrogen) atoms. The van der Waals surface area contributed by atoms with Crippen molar-refractivity contribution in [3.8, 4) is 0 Å². The second-order valence-electron chi connectivity index (χ2n) is 4.60. The predicted molar refractivity (Wildman–Crippen MR) is 52.7 cm³/mol. The second-order valence-corrected chi connectivity index (χ2v) is 4.60. The van der Waals surface area contributed by atoms with Gasteiger partial charge in [-0.2, -0.15) is 0 Å². The van der Waals surface area contributed by atoms with Gasteiger partial charge < -0.3 is 9.15 Å². The van der Waals surface area contributed by atoms with E-state index in [1.54, 1.807) is 4.90 Å². The summed E-state index contributed by atoms with van der Waals surface area (Å²) in [6.45, 7) is 1.16. The summed E-state index contributed by atoms with van der Waals surface area (Å²) in [6, 6.07) is 0. The third-order valence-electron chi connectivity index (χ3n) is 3.03. The Morgan fingerprint density at radius 1 is 1.35 bits per heavy atom. The smallest absolute Gasteiger partial charge is 0.272 e. The van der Waals surface area contributed by atoms with Gasteiger partial charge in [-0.3, -0.25) is 4.90 Å². The molecule has 0 amide bonds. The topological polar surface area (TPSA) is 51.4 Å². The average molecular weight is 245 g/mol. The van der Waals surface area contributed by atoms with Gasteiger partial charge in [0.1, 0.15) is 0 Å². The summed E-state index contributed by atoms with van der Waals surface area (Å²) in [5.74, 6) is -1.43. The Balaban J connectivity index is 1.57. The molecule has 0 saturated carbocycles. The molecule has 1 aromatic rings. The lowest BCUT2D eigenvalue weighted by atomic mass is 10.1. The van der Waals surface area contributed by atoms with E-state index in [1.807, 2.05) is 0 Å². The van der Waals surface area contributed by atoms with Gasteiger partial charge in [0.05, 0.1) is 32.2 Å². The van der Waals surface area contributed by atoms with Crippen LogP contribution in [0.3, 0.4) is 0 Å². The molecule has 2 aliphatic rings. The number of aromatic nitrogens is 2. The Labute approximate surface area is 96.7 Å². The first-order valence-corrected chi connectivity index (χ1v) is 5.63. The number of hydrogen-bond donors (Lipinski definition) is 0. The van der Waals surface area contributed by atoms with Gasteiger partial charge in [-0.1, -0.05) is 0 Å². The maximum atomic E-state index is 12.6. The highest BCUT2D eigenvalue weighted by Crippen LogP contribution is 2.29. The molecule has 3 heterocycles. The summed E-state index contributed by atoms with van der Waals surface area (Å²) in [5, 5.41) is 7.81. The first kappa shape index (κ1) is 11.0. The largest absolute Gasteiger partial charge is 0.423 e. The van der Waals surface area contributed by atoms with E-state index >= 15 is 0 Å². The van der Waals surface area contributed by atoms with Crippen molar-refractivity contribution < 1.29 is 17.9 Å². The lowest BCUT2D eigenvalue weighted by Crippen LogP contribution is -2.55. The third-order valence-corrected chi connectivity index (χ3v) is 3.03. The Morgan fingerprint density at radius 3 is 2.82 bits per heavy atom. The Kier molecular flexibility index (Phi) is 2.59. The van der Waals surface area contributed by atoms with E-state index in [0.717, 1.165) is 6.42 Å². The fraction of sp³-hybridized carbons (Fsp3) is 0.800. The monoisotopic (exact) mass is 245 g/mol. The highest BCUT2D eigenvalue weighted by molar-refractivity contribution is 4.95. The molecule has 3 rings (SSSR count). The molecule has 1 aromatic heterocycles. The van der Waals surface area contributed by atoms with Crippen molar-refractivity contribution in [2.24, 2.45) is 0 Å². The van der Waals surface area contributed by atoms with Gasteiger partial charge in [-0.05, 0) is 6.42 Å². The van der Waals surface area contributed by atoms with E-state index in [2.05, 4.69) is 10.2 Å². The van der Waals surface area contributed by atoms with Gasteiger partial charge in [0.15, 0.2) is 0 Å². The number of halogens is 2. The van der Waals surface area contributed by atoms with Gasteiger partial charge in [-0.15, -0.1) is 10.2 Å². The fourth-order valence-corrected chi connectivity index (χ4v) is 2.14. The first-order chi connectivity index (χ1) is 8.12. The van der Waals surface area contributed by atoms with Crippen LogP contribution in [0, 0.1) is 0 Å². The fourth-order valence-electron chi connectivity index (χ4n) is 2.14. The van der Waals surface area contributed by atoms with Crippen molar-refractivity contribution >= 4 is 0 Å². The summed E-state index contributed by atoms with van der Waals surface area (Å²) in [4.78, 5) is 1.59. The molecule has 2 saturated heterocycles. The van der Waals surface area contributed by atoms with Crippen LogP contribution >= 0.6 is 0 Å². The van der Waals surface area contributed by atoms with Crippen LogP contribution in [-0.4, -0.2) is 47.3 Å². The van der Waals surface area contributed by atoms with Crippen molar-refractivity contribution in [1.82, 2.24) is 15.1 Å². The standard InChI is InChI=1S/C10H13F2N3O2/c11-10(12)5-15(6-10)3-8-13-14-9(17-8)7-1-2-16-4-7/h7H,1-6H2.